The van der Waals surface area contributed by atoms with E-state index in [2.05, 4.69) is 5.32 Å². The molecule has 1 fully saturated rings. The third-order valence-corrected chi connectivity index (χ3v) is 1.63. The Labute approximate surface area is 69.7 Å². The van der Waals surface area contributed by atoms with Crippen LogP contribution >= 0.6 is 0 Å². The molecule has 1 N–H and O–H groups in total. The van der Waals surface area contributed by atoms with Crippen molar-refractivity contribution in [3.05, 3.63) is 0 Å². The number of carboxylic acid groups (broad SMARTS) is 1. The molecule has 1 saturated heterocycles. The molecule has 0 aromatic heterocycles. The van der Waals surface area contributed by atoms with Crippen LogP contribution in [0.4, 0.5) is 0 Å². The van der Waals surface area contributed by atoms with Gasteiger partial charge in [0.25, 0.3) is 0 Å². The van der Waals surface area contributed by atoms with E-state index in [-0.39, 0.29) is 12.1 Å². The molecule has 0 aromatic carbocycles. The Hall–Kier alpha value is -1.10. The summed E-state index contributed by atoms with van der Waals surface area (Å²) in [6.07, 6.45) is -0.0434. The first-order valence-corrected chi connectivity index (χ1v) is 3.66. The fourth-order valence-corrected chi connectivity index (χ4v) is 1.14. The Morgan fingerprint density at radius 1 is 1.58 bits per heavy atom. The topological polar surface area (TPSA) is 77.7 Å². The van der Waals surface area contributed by atoms with Gasteiger partial charge in [-0.25, -0.2) is 5.32 Å². The van der Waals surface area contributed by atoms with Gasteiger partial charge in [0.15, 0.2) is 0 Å². The van der Waals surface area contributed by atoms with Crippen molar-refractivity contribution in [3.8, 4) is 0 Å². The molecule has 0 amide bonds. The first-order chi connectivity index (χ1) is 5.59. The normalized spacial score (nSPS) is 28.4. The minimum Gasteiger partial charge on any atom is -0.480 e. The van der Waals surface area contributed by atoms with E-state index in [1.807, 2.05) is 0 Å². The summed E-state index contributed by atoms with van der Waals surface area (Å²) in [4.78, 5) is 20.9. The quantitative estimate of drug-likeness (QED) is 0.563. The Morgan fingerprint density at radius 3 is 2.67 bits per heavy atom. The maximum absolute atomic E-state index is 10.5. The van der Waals surface area contributed by atoms with Crippen LogP contribution in [0.2, 0.25) is 0 Å². The zero-order valence-corrected chi connectivity index (χ0v) is 6.69. The SMILES string of the molecule is CC(=O)OC1C[N]C(C(=O)O)C1. The van der Waals surface area contributed by atoms with E-state index in [1.54, 1.807) is 0 Å². The Bertz CT molecular complexity index is 204. The standard InChI is InChI=1S/C7H10NO4/c1-4(9)12-5-2-6(7(10)11)8-3-5/h5-6H,2-3H2,1H3,(H,10,11). The number of aliphatic carboxylic acids is 1. The lowest BCUT2D eigenvalue weighted by atomic mass is 10.2. The number of carbonyl (C=O) groups is 2. The second kappa shape index (κ2) is 3.53. The van der Waals surface area contributed by atoms with Crippen molar-refractivity contribution < 1.29 is 19.4 Å². The number of rotatable bonds is 2. The Morgan fingerprint density at radius 2 is 2.25 bits per heavy atom. The number of esters is 1. The van der Waals surface area contributed by atoms with Crippen LogP contribution in [-0.2, 0) is 14.3 Å². The summed E-state index contributed by atoms with van der Waals surface area (Å²) >= 11 is 0. The highest BCUT2D eigenvalue weighted by atomic mass is 16.5. The van der Waals surface area contributed by atoms with Crippen molar-refractivity contribution in [1.29, 1.82) is 0 Å². The molecule has 0 saturated carbocycles. The van der Waals surface area contributed by atoms with Gasteiger partial charge in [-0.1, -0.05) is 0 Å². The molecule has 12 heavy (non-hydrogen) atoms. The van der Waals surface area contributed by atoms with Gasteiger partial charge in [0.2, 0.25) is 0 Å². The molecule has 1 rings (SSSR count). The summed E-state index contributed by atoms with van der Waals surface area (Å²) in [5.74, 6) is -1.34. The number of carbonyl (C=O) groups excluding carboxylic acids is 1. The minimum absolute atomic E-state index is 0.301. The summed E-state index contributed by atoms with van der Waals surface area (Å²) in [6, 6.07) is -0.700. The van der Waals surface area contributed by atoms with Crippen molar-refractivity contribution in [1.82, 2.24) is 5.32 Å². The van der Waals surface area contributed by atoms with Crippen molar-refractivity contribution in [3.63, 3.8) is 0 Å². The maximum atomic E-state index is 10.5. The lowest BCUT2D eigenvalue weighted by Crippen LogP contribution is -2.24. The first kappa shape index (κ1) is 8.99. The van der Waals surface area contributed by atoms with Gasteiger partial charge >= 0.3 is 11.9 Å². The average molecular weight is 172 g/mol. The molecular weight excluding hydrogens is 162 g/mol. The van der Waals surface area contributed by atoms with Crippen LogP contribution in [0.5, 0.6) is 0 Å². The first-order valence-electron chi connectivity index (χ1n) is 3.66. The number of hydrogen-bond acceptors (Lipinski definition) is 3. The van der Waals surface area contributed by atoms with Crippen LogP contribution in [0.15, 0.2) is 0 Å². The molecule has 0 aliphatic carbocycles. The van der Waals surface area contributed by atoms with Gasteiger partial charge in [-0.05, 0) is 0 Å². The van der Waals surface area contributed by atoms with Crippen LogP contribution in [0.25, 0.3) is 0 Å². The summed E-state index contributed by atoms with van der Waals surface area (Å²) in [6.45, 7) is 1.60. The largest absolute Gasteiger partial charge is 0.480 e. The zero-order chi connectivity index (χ0) is 9.14. The number of hydrogen-bond donors (Lipinski definition) is 1. The lowest BCUT2D eigenvalue weighted by Gasteiger charge is -2.07. The van der Waals surface area contributed by atoms with E-state index in [1.165, 1.54) is 6.92 Å². The average Bonchev–Trinajstić information content (AvgIpc) is 2.34. The highest BCUT2D eigenvalue weighted by Crippen LogP contribution is 2.12. The van der Waals surface area contributed by atoms with Crippen molar-refractivity contribution in [2.24, 2.45) is 0 Å². The third kappa shape index (κ3) is 2.20. The number of ether oxygens (including phenoxy) is 1. The van der Waals surface area contributed by atoms with E-state index in [4.69, 9.17) is 9.84 Å². The van der Waals surface area contributed by atoms with Crippen LogP contribution in [0.3, 0.4) is 0 Å². The van der Waals surface area contributed by atoms with Gasteiger partial charge in [0.1, 0.15) is 12.1 Å². The van der Waals surface area contributed by atoms with E-state index in [0.29, 0.717) is 13.0 Å². The summed E-state index contributed by atoms with van der Waals surface area (Å²) in [7, 11) is 0. The van der Waals surface area contributed by atoms with Gasteiger partial charge in [0, 0.05) is 13.3 Å². The number of carboxylic acids is 1. The van der Waals surface area contributed by atoms with E-state index >= 15 is 0 Å². The van der Waals surface area contributed by atoms with Crippen LogP contribution in [-0.4, -0.2) is 35.7 Å². The molecule has 5 nitrogen and oxygen atoms in total. The summed E-state index contributed by atoms with van der Waals surface area (Å²) < 4.78 is 4.80. The van der Waals surface area contributed by atoms with Crippen LogP contribution in [0.1, 0.15) is 13.3 Å². The molecule has 1 heterocycles. The molecular formula is C7H10NO4. The Kier molecular flexibility index (Phi) is 2.65. The molecule has 2 atom stereocenters. The third-order valence-electron chi connectivity index (χ3n) is 1.63. The van der Waals surface area contributed by atoms with Gasteiger partial charge in [-0.2, -0.15) is 0 Å². The summed E-state index contributed by atoms with van der Waals surface area (Å²) in [5.41, 5.74) is 0. The smallest absolute Gasteiger partial charge is 0.322 e. The van der Waals surface area contributed by atoms with E-state index < -0.39 is 12.0 Å². The van der Waals surface area contributed by atoms with Crippen LogP contribution < -0.4 is 5.32 Å². The molecule has 2 unspecified atom stereocenters. The Balaban J connectivity index is 2.35. The molecule has 0 bridgehead atoms. The number of nitrogens with zero attached hydrogens (tertiary/aromatic N) is 1. The monoisotopic (exact) mass is 172 g/mol. The fourth-order valence-electron chi connectivity index (χ4n) is 1.14. The highest BCUT2D eigenvalue weighted by molar-refractivity contribution is 5.74. The van der Waals surface area contributed by atoms with Crippen molar-refractivity contribution >= 4 is 11.9 Å². The second-order valence-corrected chi connectivity index (χ2v) is 2.69. The molecule has 0 aromatic rings. The van der Waals surface area contributed by atoms with Gasteiger partial charge in [0.05, 0.1) is 6.54 Å². The molecule has 1 aliphatic rings. The second-order valence-electron chi connectivity index (χ2n) is 2.69. The highest BCUT2D eigenvalue weighted by Gasteiger charge is 2.32. The molecule has 1 aliphatic heterocycles. The van der Waals surface area contributed by atoms with E-state index in [9.17, 15) is 9.59 Å². The molecule has 67 valence electrons. The van der Waals surface area contributed by atoms with Gasteiger partial charge in [-0.3, -0.25) is 9.59 Å². The van der Waals surface area contributed by atoms with Gasteiger partial charge < -0.3 is 9.84 Å². The fraction of sp³-hybridized carbons (Fsp3) is 0.714. The van der Waals surface area contributed by atoms with Crippen molar-refractivity contribution in [2.45, 2.75) is 25.5 Å². The van der Waals surface area contributed by atoms with E-state index in [0.717, 1.165) is 0 Å². The van der Waals surface area contributed by atoms with Crippen molar-refractivity contribution in [2.75, 3.05) is 6.54 Å². The minimum atomic E-state index is -0.954. The molecule has 1 radical (unpaired) electrons. The van der Waals surface area contributed by atoms with Crippen LogP contribution in [0, 0.1) is 0 Å². The summed E-state index contributed by atoms with van der Waals surface area (Å²) in [5, 5.41) is 12.3. The molecule has 0 spiro atoms. The molecule has 5 heteroatoms. The zero-order valence-electron chi connectivity index (χ0n) is 6.69. The van der Waals surface area contributed by atoms with Gasteiger partial charge in [-0.15, -0.1) is 0 Å². The predicted octanol–water partition coefficient (Wildman–Crippen LogP) is -0.621. The maximum Gasteiger partial charge on any atom is 0.322 e. The lowest BCUT2D eigenvalue weighted by molar-refractivity contribution is -0.146. The predicted molar refractivity (Wildman–Crippen MR) is 38.6 cm³/mol.